The molecule has 0 aliphatic rings. The Kier molecular flexibility index (Phi) is 1.84. The molecular formula is C10H8OS. The second-order valence-electron chi connectivity index (χ2n) is 2.50. The molecule has 0 aliphatic carbocycles. The molecule has 0 saturated heterocycles. The highest BCUT2D eigenvalue weighted by atomic mass is 32.1. The van der Waals surface area contributed by atoms with Crippen molar-refractivity contribution in [2.24, 2.45) is 0 Å². The molecular weight excluding hydrogens is 168 g/mol. The van der Waals surface area contributed by atoms with Crippen LogP contribution in [0, 0.1) is 0 Å². The summed E-state index contributed by atoms with van der Waals surface area (Å²) in [4.78, 5) is 0.940. The van der Waals surface area contributed by atoms with E-state index in [1.807, 2.05) is 35.7 Å². The summed E-state index contributed by atoms with van der Waals surface area (Å²) in [5.74, 6) is 0.367. The van der Waals surface area contributed by atoms with Gasteiger partial charge in [0.2, 0.25) is 0 Å². The number of rotatable bonds is 1. The highest BCUT2D eigenvalue weighted by Gasteiger charge is 2.03. The van der Waals surface area contributed by atoms with Gasteiger partial charge < -0.3 is 5.11 Å². The number of hydrogen-bond donors (Lipinski definition) is 1. The molecule has 1 aromatic carbocycles. The zero-order valence-electron chi connectivity index (χ0n) is 6.40. The van der Waals surface area contributed by atoms with Gasteiger partial charge in [-0.05, 0) is 17.0 Å². The smallest absolute Gasteiger partial charge is 0.134 e. The van der Waals surface area contributed by atoms with Gasteiger partial charge in [0.1, 0.15) is 5.75 Å². The molecule has 0 bridgehead atoms. The first-order valence-electron chi connectivity index (χ1n) is 3.70. The number of thiophene rings is 1. The lowest BCUT2D eigenvalue weighted by molar-refractivity contribution is 0.479. The largest absolute Gasteiger partial charge is 0.506 e. The van der Waals surface area contributed by atoms with Crippen LogP contribution in [0.4, 0.5) is 0 Å². The van der Waals surface area contributed by atoms with Crippen molar-refractivity contribution in [1.82, 2.24) is 0 Å². The lowest BCUT2D eigenvalue weighted by atomic mass is 10.2. The van der Waals surface area contributed by atoms with Gasteiger partial charge in [-0.1, -0.05) is 30.3 Å². The van der Waals surface area contributed by atoms with Crippen molar-refractivity contribution in [2.45, 2.75) is 0 Å². The van der Waals surface area contributed by atoms with Crippen LogP contribution in [0.3, 0.4) is 0 Å². The molecule has 0 fully saturated rings. The fourth-order valence-corrected chi connectivity index (χ4v) is 1.90. The molecule has 1 aromatic heterocycles. The summed E-state index contributed by atoms with van der Waals surface area (Å²) in [6.07, 6.45) is 0. The van der Waals surface area contributed by atoms with Crippen LogP contribution in [0.2, 0.25) is 0 Å². The van der Waals surface area contributed by atoms with Crippen molar-refractivity contribution < 1.29 is 5.11 Å². The molecule has 1 N–H and O–H groups in total. The molecule has 0 aliphatic heterocycles. The molecule has 2 rings (SSSR count). The average Bonchev–Trinajstić information content (AvgIpc) is 2.53. The first-order chi connectivity index (χ1) is 5.88. The molecule has 0 spiro atoms. The van der Waals surface area contributed by atoms with Gasteiger partial charge in [0.15, 0.2) is 0 Å². The van der Waals surface area contributed by atoms with Gasteiger partial charge in [-0.2, -0.15) is 0 Å². The monoisotopic (exact) mass is 176 g/mol. The average molecular weight is 176 g/mol. The van der Waals surface area contributed by atoms with E-state index in [4.69, 9.17) is 0 Å². The second-order valence-corrected chi connectivity index (χ2v) is 3.42. The molecule has 0 radical (unpaired) electrons. The Hall–Kier alpha value is -1.28. The third kappa shape index (κ3) is 1.21. The van der Waals surface area contributed by atoms with Crippen molar-refractivity contribution >= 4 is 11.3 Å². The molecule has 12 heavy (non-hydrogen) atoms. The third-order valence-corrected chi connectivity index (χ3v) is 2.63. The predicted molar refractivity (Wildman–Crippen MR) is 51.4 cm³/mol. The Labute approximate surface area is 74.9 Å². The standard InChI is InChI=1S/C10H8OS/c11-9-6-7-12-10(9)8-4-2-1-3-5-8/h1-7,11H. The summed E-state index contributed by atoms with van der Waals surface area (Å²) in [6.45, 7) is 0. The summed E-state index contributed by atoms with van der Waals surface area (Å²) in [7, 11) is 0. The highest BCUT2D eigenvalue weighted by Crippen LogP contribution is 2.33. The SMILES string of the molecule is Oc1ccsc1-c1ccccc1. The molecule has 0 saturated carbocycles. The van der Waals surface area contributed by atoms with Crippen LogP contribution in [0.15, 0.2) is 41.8 Å². The Morgan fingerprint density at radius 2 is 1.75 bits per heavy atom. The quantitative estimate of drug-likeness (QED) is 0.707. The number of aromatic hydroxyl groups is 1. The van der Waals surface area contributed by atoms with Gasteiger partial charge >= 0.3 is 0 Å². The number of hydrogen-bond acceptors (Lipinski definition) is 2. The zero-order chi connectivity index (χ0) is 8.39. The summed E-state index contributed by atoms with van der Waals surface area (Å²) in [6, 6.07) is 11.6. The van der Waals surface area contributed by atoms with E-state index in [1.165, 1.54) is 0 Å². The molecule has 2 heteroatoms. The topological polar surface area (TPSA) is 20.2 Å². The van der Waals surface area contributed by atoms with Crippen molar-refractivity contribution in [2.75, 3.05) is 0 Å². The van der Waals surface area contributed by atoms with Gasteiger partial charge in [-0.3, -0.25) is 0 Å². The number of benzene rings is 1. The minimum atomic E-state index is 0.367. The fourth-order valence-electron chi connectivity index (χ4n) is 1.11. The summed E-state index contributed by atoms with van der Waals surface area (Å²) in [5, 5.41) is 11.3. The van der Waals surface area contributed by atoms with Crippen molar-refractivity contribution in [3.8, 4) is 16.2 Å². The Morgan fingerprint density at radius 3 is 2.33 bits per heavy atom. The van der Waals surface area contributed by atoms with Gasteiger partial charge in [-0.15, -0.1) is 11.3 Å². The van der Waals surface area contributed by atoms with Crippen LogP contribution in [0.5, 0.6) is 5.75 Å². The van der Waals surface area contributed by atoms with E-state index in [9.17, 15) is 5.11 Å². The molecule has 1 heterocycles. The van der Waals surface area contributed by atoms with E-state index in [2.05, 4.69) is 0 Å². The Morgan fingerprint density at radius 1 is 1.00 bits per heavy atom. The van der Waals surface area contributed by atoms with Gasteiger partial charge in [0.25, 0.3) is 0 Å². The van der Waals surface area contributed by atoms with Crippen molar-refractivity contribution in [3.05, 3.63) is 41.8 Å². The van der Waals surface area contributed by atoms with Gasteiger partial charge in [0.05, 0.1) is 4.88 Å². The zero-order valence-corrected chi connectivity index (χ0v) is 7.21. The molecule has 1 nitrogen and oxygen atoms in total. The fraction of sp³-hybridized carbons (Fsp3) is 0. The summed E-state index contributed by atoms with van der Waals surface area (Å²) in [5.41, 5.74) is 1.07. The maximum Gasteiger partial charge on any atom is 0.134 e. The van der Waals surface area contributed by atoms with E-state index in [0.29, 0.717) is 5.75 Å². The van der Waals surface area contributed by atoms with Crippen LogP contribution in [0.25, 0.3) is 10.4 Å². The minimum Gasteiger partial charge on any atom is -0.506 e. The van der Waals surface area contributed by atoms with Crippen LogP contribution in [-0.2, 0) is 0 Å². The predicted octanol–water partition coefficient (Wildman–Crippen LogP) is 3.12. The molecule has 0 atom stereocenters. The van der Waals surface area contributed by atoms with Crippen LogP contribution < -0.4 is 0 Å². The lowest BCUT2D eigenvalue weighted by Gasteiger charge is -1.96. The molecule has 0 amide bonds. The molecule has 60 valence electrons. The Balaban J connectivity index is 2.51. The Bertz CT molecular complexity index is 364. The normalized spacial score (nSPS) is 10.0. The highest BCUT2D eigenvalue weighted by molar-refractivity contribution is 7.14. The maximum atomic E-state index is 9.41. The van der Waals surface area contributed by atoms with E-state index < -0.39 is 0 Å². The van der Waals surface area contributed by atoms with E-state index in [1.54, 1.807) is 17.4 Å². The lowest BCUT2D eigenvalue weighted by Crippen LogP contribution is -1.69. The van der Waals surface area contributed by atoms with Crippen molar-refractivity contribution in [1.29, 1.82) is 0 Å². The van der Waals surface area contributed by atoms with E-state index in [0.717, 1.165) is 10.4 Å². The minimum absolute atomic E-state index is 0.367. The molecule has 2 aromatic rings. The van der Waals surface area contributed by atoms with Crippen LogP contribution >= 0.6 is 11.3 Å². The van der Waals surface area contributed by atoms with Gasteiger partial charge in [0, 0.05) is 0 Å². The summed E-state index contributed by atoms with van der Waals surface area (Å²) < 4.78 is 0. The van der Waals surface area contributed by atoms with Crippen LogP contribution in [0.1, 0.15) is 0 Å². The first kappa shape index (κ1) is 7.37. The molecule has 0 unspecified atom stereocenters. The van der Waals surface area contributed by atoms with Crippen LogP contribution in [-0.4, -0.2) is 5.11 Å². The first-order valence-corrected chi connectivity index (χ1v) is 4.58. The van der Waals surface area contributed by atoms with E-state index in [-0.39, 0.29) is 0 Å². The summed E-state index contributed by atoms with van der Waals surface area (Å²) >= 11 is 1.55. The van der Waals surface area contributed by atoms with Crippen molar-refractivity contribution in [3.63, 3.8) is 0 Å². The third-order valence-electron chi connectivity index (χ3n) is 1.68. The van der Waals surface area contributed by atoms with Gasteiger partial charge in [-0.25, -0.2) is 0 Å². The van der Waals surface area contributed by atoms with E-state index >= 15 is 0 Å². The maximum absolute atomic E-state index is 9.41. The second kappa shape index (κ2) is 2.99.